The summed E-state index contributed by atoms with van der Waals surface area (Å²) in [5.41, 5.74) is 1.32. The molecular formula is C19H23NO4. The molecule has 1 amide bonds. The number of carboxylic acids is 1. The molecule has 0 aliphatic carbocycles. The number of amides is 1. The Kier molecular flexibility index (Phi) is 5.12. The zero-order valence-electron chi connectivity index (χ0n) is 14.4. The van der Waals surface area contributed by atoms with Crippen LogP contribution in [0.15, 0.2) is 36.4 Å². The number of hydrogen-bond acceptors (Lipinski definition) is 3. The second-order valence-electron chi connectivity index (χ2n) is 6.83. The second kappa shape index (κ2) is 6.91. The SMILES string of the molecule is Cc1ccc(CC(NC(=O)OC(C)(C)C)C(=O)O)c2ccccc12. The highest BCUT2D eigenvalue weighted by Gasteiger charge is 2.24. The molecule has 0 saturated carbocycles. The molecular weight excluding hydrogens is 306 g/mol. The highest BCUT2D eigenvalue weighted by atomic mass is 16.6. The summed E-state index contributed by atoms with van der Waals surface area (Å²) in [7, 11) is 0. The van der Waals surface area contributed by atoms with Crippen molar-refractivity contribution in [2.45, 2.75) is 45.8 Å². The number of benzene rings is 2. The molecule has 0 fully saturated rings. The molecule has 24 heavy (non-hydrogen) atoms. The Morgan fingerprint density at radius 3 is 2.33 bits per heavy atom. The highest BCUT2D eigenvalue weighted by Crippen LogP contribution is 2.23. The number of aryl methyl sites for hydroxylation is 1. The van der Waals surface area contributed by atoms with Crippen LogP contribution in [0.1, 0.15) is 31.9 Å². The smallest absolute Gasteiger partial charge is 0.408 e. The topological polar surface area (TPSA) is 75.6 Å². The zero-order chi connectivity index (χ0) is 17.9. The van der Waals surface area contributed by atoms with Gasteiger partial charge in [0.2, 0.25) is 0 Å². The number of alkyl carbamates (subject to hydrolysis) is 1. The summed E-state index contributed by atoms with van der Waals surface area (Å²) in [6.07, 6.45) is -0.540. The lowest BCUT2D eigenvalue weighted by Gasteiger charge is -2.22. The highest BCUT2D eigenvalue weighted by molar-refractivity contribution is 5.89. The second-order valence-corrected chi connectivity index (χ2v) is 6.83. The molecule has 2 aromatic rings. The molecule has 5 nitrogen and oxygen atoms in total. The fraction of sp³-hybridized carbons (Fsp3) is 0.368. The van der Waals surface area contributed by atoms with Crippen LogP contribution >= 0.6 is 0 Å². The monoisotopic (exact) mass is 329 g/mol. The summed E-state index contributed by atoms with van der Waals surface area (Å²) < 4.78 is 5.15. The van der Waals surface area contributed by atoms with E-state index in [0.29, 0.717) is 0 Å². The van der Waals surface area contributed by atoms with Crippen LogP contribution in [0.25, 0.3) is 10.8 Å². The minimum absolute atomic E-state index is 0.190. The first kappa shape index (κ1) is 17.8. The summed E-state index contributed by atoms with van der Waals surface area (Å²) in [6, 6.07) is 10.7. The minimum atomic E-state index is -1.09. The quantitative estimate of drug-likeness (QED) is 0.897. The predicted molar refractivity (Wildman–Crippen MR) is 93.2 cm³/mol. The Hall–Kier alpha value is -2.56. The third kappa shape index (κ3) is 4.47. The third-order valence-electron chi connectivity index (χ3n) is 3.65. The molecule has 0 aliphatic rings. The maximum atomic E-state index is 11.9. The minimum Gasteiger partial charge on any atom is -0.480 e. The van der Waals surface area contributed by atoms with E-state index in [1.807, 2.05) is 43.3 Å². The average molecular weight is 329 g/mol. The zero-order valence-corrected chi connectivity index (χ0v) is 14.4. The van der Waals surface area contributed by atoms with Crippen molar-refractivity contribution in [2.24, 2.45) is 0 Å². The Morgan fingerprint density at radius 2 is 1.75 bits per heavy atom. The van der Waals surface area contributed by atoms with E-state index >= 15 is 0 Å². The van der Waals surface area contributed by atoms with Gasteiger partial charge in [0.05, 0.1) is 0 Å². The maximum absolute atomic E-state index is 11.9. The fourth-order valence-electron chi connectivity index (χ4n) is 2.56. The van der Waals surface area contributed by atoms with Crippen LogP contribution in [-0.2, 0) is 16.0 Å². The third-order valence-corrected chi connectivity index (χ3v) is 3.65. The van der Waals surface area contributed by atoms with Crippen LogP contribution in [0.5, 0.6) is 0 Å². The Balaban J connectivity index is 2.24. The number of carbonyl (C=O) groups excluding carboxylic acids is 1. The predicted octanol–water partition coefficient (Wildman–Crippen LogP) is 3.67. The molecule has 5 heteroatoms. The molecule has 2 aromatic carbocycles. The first-order valence-electron chi connectivity index (χ1n) is 7.87. The van der Waals surface area contributed by atoms with Gasteiger partial charge in [-0.1, -0.05) is 36.4 Å². The van der Waals surface area contributed by atoms with Crippen molar-refractivity contribution >= 4 is 22.8 Å². The standard InChI is InChI=1S/C19H23NO4/c1-12-9-10-13(15-8-6-5-7-14(12)15)11-16(17(21)22)20-18(23)24-19(2,3)4/h5-10,16H,11H2,1-4H3,(H,20,23)(H,21,22). The number of aliphatic carboxylic acids is 1. The molecule has 0 spiro atoms. The summed E-state index contributed by atoms with van der Waals surface area (Å²) in [5.74, 6) is -1.09. The van der Waals surface area contributed by atoms with Gasteiger partial charge in [-0.05, 0) is 49.6 Å². The van der Waals surface area contributed by atoms with Crippen molar-refractivity contribution in [2.75, 3.05) is 0 Å². The number of nitrogens with one attached hydrogen (secondary N) is 1. The molecule has 2 rings (SSSR count). The van der Waals surface area contributed by atoms with Gasteiger partial charge < -0.3 is 15.2 Å². The molecule has 2 N–H and O–H groups in total. The Morgan fingerprint density at radius 1 is 1.12 bits per heavy atom. The number of hydrogen-bond donors (Lipinski definition) is 2. The molecule has 128 valence electrons. The molecule has 0 bridgehead atoms. The molecule has 0 radical (unpaired) electrons. The fourth-order valence-corrected chi connectivity index (χ4v) is 2.56. The van der Waals surface area contributed by atoms with Crippen LogP contribution < -0.4 is 5.32 Å². The summed E-state index contributed by atoms with van der Waals surface area (Å²) in [4.78, 5) is 23.4. The Labute approximate surface area is 141 Å². The van der Waals surface area contributed by atoms with Crippen molar-refractivity contribution in [1.29, 1.82) is 0 Å². The van der Waals surface area contributed by atoms with Gasteiger partial charge in [0.15, 0.2) is 0 Å². The van der Waals surface area contributed by atoms with E-state index in [0.717, 1.165) is 21.9 Å². The average Bonchev–Trinajstić information content (AvgIpc) is 2.47. The van der Waals surface area contributed by atoms with E-state index in [1.54, 1.807) is 20.8 Å². The van der Waals surface area contributed by atoms with Gasteiger partial charge in [-0.2, -0.15) is 0 Å². The summed E-state index contributed by atoms with van der Waals surface area (Å²) in [5, 5.41) is 14.0. The van der Waals surface area contributed by atoms with E-state index in [4.69, 9.17) is 4.74 Å². The van der Waals surface area contributed by atoms with Gasteiger partial charge in [0.25, 0.3) is 0 Å². The van der Waals surface area contributed by atoms with Gasteiger partial charge >= 0.3 is 12.1 Å². The van der Waals surface area contributed by atoms with Gasteiger partial charge in [-0.25, -0.2) is 9.59 Å². The van der Waals surface area contributed by atoms with Gasteiger partial charge in [-0.15, -0.1) is 0 Å². The van der Waals surface area contributed by atoms with E-state index in [2.05, 4.69) is 5.32 Å². The van der Waals surface area contributed by atoms with Crippen molar-refractivity contribution in [3.8, 4) is 0 Å². The van der Waals surface area contributed by atoms with Gasteiger partial charge in [-0.3, -0.25) is 0 Å². The van der Waals surface area contributed by atoms with Gasteiger partial charge in [0.1, 0.15) is 11.6 Å². The summed E-state index contributed by atoms with van der Waals surface area (Å²) in [6.45, 7) is 7.21. The van der Waals surface area contributed by atoms with E-state index in [9.17, 15) is 14.7 Å². The largest absolute Gasteiger partial charge is 0.480 e. The van der Waals surface area contributed by atoms with Crippen LogP contribution in [0.3, 0.4) is 0 Å². The Bertz CT molecular complexity index is 762. The lowest BCUT2D eigenvalue weighted by molar-refractivity contribution is -0.139. The van der Waals surface area contributed by atoms with Crippen molar-refractivity contribution in [3.05, 3.63) is 47.5 Å². The number of carbonyl (C=O) groups is 2. The number of rotatable bonds is 4. The maximum Gasteiger partial charge on any atom is 0.408 e. The molecule has 0 saturated heterocycles. The normalized spacial score (nSPS) is 12.7. The van der Waals surface area contributed by atoms with Crippen molar-refractivity contribution < 1.29 is 19.4 Å². The van der Waals surface area contributed by atoms with Crippen molar-refractivity contribution in [3.63, 3.8) is 0 Å². The summed E-state index contributed by atoms with van der Waals surface area (Å²) >= 11 is 0. The molecule has 1 atom stereocenters. The van der Waals surface area contributed by atoms with E-state index in [1.165, 1.54) is 0 Å². The van der Waals surface area contributed by atoms with Gasteiger partial charge in [0, 0.05) is 6.42 Å². The molecule has 1 unspecified atom stereocenters. The molecule has 0 heterocycles. The molecule has 0 aromatic heterocycles. The number of fused-ring (bicyclic) bond motifs is 1. The molecule has 0 aliphatic heterocycles. The lowest BCUT2D eigenvalue weighted by Crippen LogP contribution is -2.44. The lowest BCUT2D eigenvalue weighted by atomic mass is 9.96. The first-order valence-corrected chi connectivity index (χ1v) is 7.87. The first-order chi connectivity index (χ1) is 11.2. The number of ether oxygens (including phenoxy) is 1. The van der Waals surface area contributed by atoms with Crippen LogP contribution in [0.2, 0.25) is 0 Å². The van der Waals surface area contributed by atoms with E-state index in [-0.39, 0.29) is 6.42 Å². The van der Waals surface area contributed by atoms with Crippen molar-refractivity contribution in [1.82, 2.24) is 5.32 Å². The van der Waals surface area contributed by atoms with Crippen LogP contribution in [-0.4, -0.2) is 28.8 Å². The van der Waals surface area contributed by atoms with Crippen LogP contribution in [0.4, 0.5) is 4.79 Å². The number of carboxylic acid groups (broad SMARTS) is 1. The van der Waals surface area contributed by atoms with E-state index < -0.39 is 23.7 Å². The van der Waals surface area contributed by atoms with Crippen LogP contribution in [0, 0.1) is 6.92 Å².